The second-order valence-electron chi connectivity index (χ2n) is 4.86. The van der Waals surface area contributed by atoms with E-state index in [2.05, 4.69) is 17.3 Å². The van der Waals surface area contributed by atoms with E-state index >= 15 is 0 Å². The van der Waals surface area contributed by atoms with Crippen LogP contribution in [-0.4, -0.2) is 29.5 Å². The summed E-state index contributed by atoms with van der Waals surface area (Å²) in [6, 6.07) is 0. The summed E-state index contributed by atoms with van der Waals surface area (Å²) in [6.45, 7) is 5.04. The van der Waals surface area contributed by atoms with Crippen LogP contribution in [0.2, 0.25) is 5.02 Å². The van der Waals surface area contributed by atoms with Crippen molar-refractivity contribution in [3.05, 3.63) is 21.6 Å². The number of hydrogen-bond donors (Lipinski definition) is 1. The molecule has 1 aliphatic heterocycles. The van der Waals surface area contributed by atoms with Crippen LogP contribution >= 0.6 is 11.6 Å². The summed E-state index contributed by atoms with van der Waals surface area (Å²) in [5, 5.41) is 7.57. The minimum Gasteiger partial charge on any atom is -0.382 e. The van der Waals surface area contributed by atoms with E-state index in [-0.39, 0.29) is 10.6 Å². The third-order valence-electron chi connectivity index (χ3n) is 3.31. The van der Waals surface area contributed by atoms with Gasteiger partial charge in [-0.25, -0.2) is 4.68 Å². The molecule has 5 nitrogen and oxygen atoms in total. The fourth-order valence-corrected chi connectivity index (χ4v) is 2.27. The summed E-state index contributed by atoms with van der Waals surface area (Å²) in [7, 11) is 0. The summed E-state index contributed by atoms with van der Waals surface area (Å²) >= 11 is 6.10. The van der Waals surface area contributed by atoms with Crippen molar-refractivity contribution in [3.63, 3.8) is 0 Å². The molecule has 1 aromatic rings. The van der Waals surface area contributed by atoms with Crippen LogP contribution in [0.4, 0.5) is 5.69 Å². The van der Waals surface area contributed by atoms with Crippen molar-refractivity contribution in [1.29, 1.82) is 0 Å². The summed E-state index contributed by atoms with van der Waals surface area (Å²) < 4.78 is 6.73. The molecule has 0 aliphatic carbocycles. The molecule has 0 spiro atoms. The van der Waals surface area contributed by atoms with E-state index in [4.69, 9.17) is 16.3 Å². The maximum absolute atomic E-state index is 12.0. The van der Waals surface area contributed by atoms with E-state index in [0.717, 1.165) is 39.0 Å². The van der Waals surface area contributed by atoms with Crippen molar-refractivity contribution in [2.45, 2.75) is 32.7 Å². The van der Waals surface area contributed by atoms with Crippen LogP contribution in [0, 0.1) is 5.92 Å². The van der Waals surface area contributed by atoms with E-state index in [1.54, 1.807) is 6.20 Å². The van der Waals surface area contributed by atoms with E-state index in [1.807, 2.05) is 0 Å². The van der Waals surface area contributed by atoms with Gasteiger partial charge in [0.25, 0.3) is 5.56 Å². The van der Waals surface area contributed by atoms with Crippen molar-refractivity contribution >= 4 is 17.3 Å². The number of ether oxygens (including phenoxy) is 1. The average Bonchev–Trinajstić information content (AvgIpc) is 2.92. The van der Waals surface area contributed by atoms with Gasteiger partial charge in [0.2, 0.25) is 0 Å². The fourth-order valence-electron chi connectivity index (χ4n) is 2.05. The maximum Gasteiger partial charge on any atom is 0.287 e. The number of nitrogens with one attached hydrogen (secondary N) is 1. The Kier molecular flexibility index (Phi) is 5.22. The van der Waals surface area contributed by atoms with Gasteiger partial charge in [0, 0.05) is 25.6 Å². The van der Waals surface area contributed by atoms with Crippen molar-refractivity contribution in [2.24, 2.45) is 5.92 Å². The smallest absolute Gasteiger partial charge is 0.287 e. The summed E-state index contributed by atoms with van der Waals surface area (Å²) in [5.41, 5.74) is 0.397. The maximum atomic E-state index is 12.0. The number of halogens is 1. The Morgan fingerprint density at radius 3 is 3.16 bits per heavy atom. The van der Waals surface area contributed by atoms with Crippen molar-refractivity contribution in [1.82, 2.24) is 9.78 Å². The van der Waals surface area contributed by atoms with Gasteiger partial charge in [-0.2, -0.15) is 5.10 Å². The molecule has 1 unspecified atom stereocenters. The lowest BCUT2D eigenvalue weighted by Crippen LogP contribution is -2.25. The molecule has 0 aromatic carbocycles. The number of rotatable bonds is 6. The standard InChI is InChI=1S/C13H20ClN3O2/c1-2-3-5-17-13(18)12(14)11(8-16-17)15-7-10-4-6-19-9-10/h8,10,15H,2-7,9H2,1H3. The molecule has 19 heavy (non-hydrogen) atoms. The lowest BCUT2D eigenvalue weighted by Gasteiger charge is -2.12. The van der Waals surface area contributed by atoms with E-state index in [1.165, 1.54) is 4.68 Å². The van der Waals surface area contributed by atoms with Gasteiger partial charge in [0.1, 0.15) is 5.02 Å². The normalized spacial score (nSPS) is 18.7. The third kappa shape index (κ3) is 3.70. The van der Waals surface area contributed by atoms with Gasteiger partial charge in [-0.15, -0.1) is 0 Å². The minimum atomic E-state index is -0.220. The van der Waals surface area contributed by atoms with Gasteiger partial charge in [-0.05, 0) is 12.8 Å². The first-order valence-corrected chi connectivity index (χ1v) is 7.17. The predicted octanol–water partition coefficient (Wildman–Crippen LogP) is 2.15. The lowest BCUT2D eigenvalue weighted by molar-refractivity contribution is 0.187. The molecule has 1 saturated heterocycles. The van der Waals surface area contributed by atoms with Crippen LogP contribution < -0.4 is 10.9 Å². The van der Waals surface area contributed by atoms with Gasteiger partial charge >= 0.3 is 0 Å². The van der Waals surface area contributed by atoms with Crippen LogP contribution in [0.25, 0.3) is 0 Å². The summed E-state index contributed by atoms with van der Waals surface area (Å²) in [6.07, 6.45) is 4.63. The summed E-state index contributed by atoms with van der Waals surface area (Å²) in [5.74, 6) is 0.485. The zero-order valence-corrected chi connectivity index (χ0v) is 11.9. The van der Waals surface area contributed by atoms with E-state index in [9.17, 15) is 4.79 Å². The minimum absolute atomic E-state index is 0.220. The molecule has 0 radical (unpaired) electrons. The predicted molar refractivity (Wildman–Crippen MR) is 75.8 cm³/mol. The molecule has 2 heterocycles. The molecule has 106 valence electrons. The largest absolute Gasteiger partial charge is 0.382 e. The van der Waals surface area contributed by atoms with Crippen molar-refractivity contribution < 1.29 is 4.74 Å². The van der Waals surface area contributed by atoms with Crippen LogP contribution in [0.1, 0.15) is 26.2 Å². The Morgan fingerprint density at radius 2 is 2.47 bits per heavy atom. The van der Waals surface area contributed by atoms with Crippen LogP contribution in [0.15, 0.2) is 11.0 Å². The molecule has 0 saturated carbocycles. The molecule has 1 aromatic heterocycles. The molecule has 2 rings (SSSR count). The first-order chi connectivity index (χ1) is 9.22. The van der Waals surface area contributed by atoms with Crippen LogP contribution in [-0.2, 0) is 11.3 Å². The monoisotopic (exact) mass is 285 g/mol. The molecule has 6 heteroatoms. The second kappa shape index (κ2) is 6.91. The first-order valence-electron chi connectivity index (χ1n) is 6.79. The highest BCUT2D eigenvalue weighted by atomic mass is 35.5. The highest BCUT2D eigenvalue weighted by molar-refractivity contribution is 6.32. The Labute approximate surface area is 117 Å². The number of nitrogens with zero attached hydrogens (tertiary/aromatic N) is 2. The molecular formula is C13H20ClN3O2. The van der Waals surface area contributed by atoms with E-state index < -0.39 is 0 Å². The van der Waals surface area contributed by atoms with Crippen LogP contribution in [0.3, 0.4) is 0 Å². The number of unbranched alkanes of at least 4 members (excludes halogenated alkanes) is 1. The van der Waals surface area contributed by atoms with Gasteiger partial charge < -0.3 is 10.1 Å². The SMILES string of the molecule is CCCCn1ncc(NCC2CCOC2)c(Cl)c1=O. The molecule has 1 fully saturated rings. The van der Waals surface area contributed by atoms with Crippen molar-refractivity contribution in [2.75, 3.05) is 25.1 Å². The van der Waals surface area contributed by atoms with Crippen molar-refractivity contribution in [3.8, 4) is 0 Å². The highest BCUT2D eigenvalue weighted by Crippen LogP contribution is 2.18. The zero-order valence-electron chi connectivity index (χ0n) is 11.2. The third-order valence-corrected chi connectivity index (χ3v) is 3.68. The summed E-state index contributed by atoms with van der Waals surface area (Å²) in [4.78, 5) is 12.0. The molecule has 1 aliphatic rings. The van der Waals surface area contributed by atoms with E-state index in [0.29, 0.717) is 18.2 Å². The van der Waals surface area contributed by atoms with Crippen LogP contribution in [0.5, 0.6) is 0 Å². The molecule has 1 atom stereocenters. The topological polar surface area (TPSA) is 56.1 Å². The lowest BCUT2D eigenvalue weighted by atomic mass is 10.1. The molecule has 0 amide bonds. The molecule has 0 bridgehead atoms. The Bertz CT molecular complexity index is 469. The Balaban J connectivity index is 2.01. The number of anilines is 1. The number of hydrogen-bond acceptors (Lipinski definition) is 4. The zero-order chi connectivity index (χ0) is 13.7. The Hall–Kier alpha value is -1.07. The molecule has 1 N–H and O–H groups in total. The van der Waals surface area contributed by atoms with Gasteiger partial charge in [-0.1, -0.05) is 24.9 Å². The Morgan fingerprint density at radius 1 is 1.63 bits per heavy atom. The highest BCUT2D eigenvalue weighted by Gasteiger charge is 2.16. The van der Waals surface area contributed by atoms with Gasteiger partial charge in [0.15, 0.2) is 0 Å². The number of aromatic nitrogens is 2. The van der Waals surface area contributed by atoms with Gasteiger partial charge in [0.05, 0.1) is 18.5 Å². The second-order valence-corrected chi connectivity index (χ2v) is 5.24. The fraction of sp³-hybridized carbons (Fsp3) is 0.692. The average molecular weight is 286 g/mol. The number of aryl methyl sites for hydroxylation is 1. The van der Waals surface area contributed by atoms with Gasteiger partial charge in [-0.3, -0.25) is 4.79 Å². The quantitative estimate of drug-likeness (QED) is 0.870. The molecular weight excluding hydrogens is 266 g/mol. The first kappa shape index (κ1) is 14.3.